The maximum Gasteiger partial charge on any atom is 0.253 e. The SMILES string of the molecule is CCCCOc1ccc(NC(=O)CNc2ccc(C(=O)N3CCCC3)cc2)cc1. The van der Waals surface area contributed by atoms with Crippen molar-refractivity contribution >= 4 is 23.2 Å². The Morgan fingerprint density at radius 3 is 2.28 bits per heavy atom. The first-order valence-electron chi connectivity index (χ1n) is 10.3. The van der Waals surface area contributed by atoms with E-state index >= 15 is 0 Å². The average Bonchev–Trinajstić information content (AvgIpc) is 3.28. The van der Waals surface area contributed by atoms with Crippen molar-refractivity contribution in [2.45, 2.75) is 32.6 Å². The molecule has 29 heavy (non-hydrogen) atoms. The van der Waals surface area contributed by atoms with E-state index < -0.39 is 0 Å². The molecule has 0 saturated carbocycles. The van der Waals surface area contributed by atoms with Crippen LogP contribution < -0.4 is 15.4 Å². The summed E-state index contributed by atoms with van der Waals surface area (Å²) in [7, 11) is 0. The van der Waals surface area contributed by atoms with Crippen LogP contribution in [0, 0.1) is 0 Å². The van der Waals surface area contributed by atoms with Gasteiger partial charge in [0.15, 0.2) is 0 Å². The van der Waals surface area contributed by atoms with Crippen molar-refractivity contribution in [2.75, 3.05) is 36.9 Å². The van der Waals surface area contributed by atoms with E-state index in [0.717, 1.165) is 55.9 Å². The molecule has 0 unspecified atom stereocenters. The van der Waals surface area contributed by atoms with Crippen LogP contribution >= 0.6 is 0 Å². The maximum atomic E-state index is 12.4. The normalized spacial score (nSPS) is 13.2. The Hall–Kier alpha value is -3.02. The molecule has 1 aliphatic rings. The quantitative estimate of drug-likeness (QED) is 0.626. The smallest absolute Gasteiger partial charge is 0.253 e. The Labute approximate surface area is 172 Å². The van der Waals surface area contributed by atoms with Crippen LogP contribution in [0.1, 0.15) is 43.0 Å². The van der Waals surface area contributed by atoms with Crippen LogP contribution in [0.15, 0.2) is 48.5 Å². The molecule has 1 saturated heterocycles. The highest BCUT2D eigenvalue weighted by Crippen LogP contribution is 2.17. The van der Waals surface area contributed by atoms with Gasteiger partial charge in [-0.05, 0) is 67.8 Å². The number of likely N-dealkylation sites (tertiary alicyclic amines) is 1. The van der Waals surface area contributed by atoms with Gasteiger partial charge in [0.25, 0.3) is 5.91 Å². The summed E-state index contributed by atoms with van der Waals surface area (Å²) in [5.74, 6) is 0.744. The lowest BCUT2D eigenvalue weighted by Gasteiger charge is -2.15. The van der Waals surface area contributed by atoms with E-state index in [1.54, 1.807) is 12.1 Å². The molecular weight excluding hydrogens is 366 g/mol. The molecule has 6 heteroatoms. The van der Waals surface area contributed by atoms with Gasteiger partial charge in [0, 0.05) is 30.0 Å². The number of nitrogens with zero attached hydrogens (tertiary/aromatic N) is 1. The largest absolute Gasteiger partial charge is 0.494 e. The van der Waals surface area contributed by atoms with Gasteiger partial charge < -0.3 is 20.3 Å². The Kier molecular flexibility index (Phi) is 7.50. The molecule has 154 valence electrons. The third-order valence-electron chi connectivity index (χ3n) is 4.88. The topological polar surface area (TPSA) is 70.7 Å². The first kappa shape index (κ1) is 20.7. The lowest BCUT2D eigenvalue weighted by molar-refractivity contribution is -0.114. The number of rotatable bonds is 9. The van der Waals surface area contributed by atoms with Crippen LogP contribution in [-0.4, -0.2) is 43.0 Å². The minimum absolute atomic E-state index is 0.0777. The van der Waals surface area contributed by atoms with Gasteiger partial charge in [-0.1, -0.05) is 13.3 Å². The Balaban J connectivity index is 1.43. The van der Waals surface area contributed by atoms with E-state index in [9.17, 15) is 9.59 Å². The highest BCUT2D eigenvalue weighted by molar-refractivity contribution is 5.95. The number of anilines is 2. The maximum absolute atomic E-state index is 12.4. The molecule has 1 fully saturated rings. The number of nitrogens with one attached hydrogen (secondary N) is 2. The van der Waals surface area contributed by atoms with Gasteiger partial charge in [-0.15, -0.1) is 0 Å². The fourth-order valence-electron chi connectivity index (χ4n) is 3.19. The van der Waals surface area contributed by atoms with Crippen LogP contribution in [0.25, 0.3) is 0 Å². The molecule has 6 nitrogen and oxygen atoms in total. The molecule has 2 aromatic rings. The number of carbonyl (C=O) groups excluding carboxylic acids is 2. The summed E-state index contributed by atoms with van der Waals surface area (Å²) in [5.41, 5.74) is 2.21. The van der Waals surface area contributed by atoms with Crippen LogP contribution in [0.3, 0.4) is 0 Å². The molecule has 3 rings (SSSR count). The van der Waals surface area contributed by atoms with E-state index in [-0.39, 0.29) is 18.4 Å². The van der Waals surface area contributed by atoms with E-state index in [2.05, 4.69) is 17.6 Å². The molecule has 0 aromatic heterocycles. The molecule has 2 amide bonds. The number of hydrogen-bond donors (Lipinski definition) is 2. The summed E-state index contributed by atoms with van der Waals surface area (Å²) in [5, 5.41) is 5.94. The molecule has 1 aliphatic heterocycles. The van der Waals surface area contributed by atoms with Crippen LogP contribution in [0.2, 0.25) is 0 Å². The molecule has 0 atom stereocenters. The average molecular weight is 396 g/mol. The number of carbonyl (C=O) groups is 2. The zero-order chi connectivity index (χ0) is 20.5. The minimum Gasteiger partial charge on any atom is -0.494 e. The highest BCUT2D eigenvalue weighted by atomic mass is 16.5. The first-order valence-corrected chi connectivity index (χ1v) is 10.3. The van der Waals surface area contributed by atoms with Gasteiger partial charge in [-0.25, -0.2) is 0 Å². The second-order valence-corrected chi connectivity index (χ2v) is 7.20. The van der Waals surface area contributed by atoms with E-state index in [1.807, 2.05) is 41.3 Å². The molecule has 0 bridgehead atoms. The second-order valence-electron chi connectivity index (χ2n) is 7.20. The van der Waals surface area contributed by atoms with Gasteiger partial charge in [0.05, 0.1) is 13.2 Å². The van der Waals surface area contributed by atoms with Crippen LogP contribution in [-0.2, 0) is 4.79 Å². The van der Waals surface area contributed by atoms with Gasteiger partial charge in [0.2, 0.25) is 5.91 Å². The van der Waals surface area contributed by atoms with Crippen molar-refractivity contribution in [1.29, 1.82) is 0 Å². The predicted octanol–water partition coefficient (Wildman–Crippen LogP) is 4.15. The molecule has 2 aromatic carbocycles. The van der Waals surface area contributed by atoms with Crippen molar-refractivity contribution in [3.05, 3.63) is 54.1 Å². The van der Waals surface area contributed by atoms with Crippen LogP contribution in [0.5, 0.6) is 5.75 Å². The summed E-state index contributed by atoms with van der Waals surface area (Å²) in [6, 6.07) is 14.6. The zero-order valence-electron chi connectivity index (χ0n) is 16.9. The molecule has 0 spiro atoms. The Bertz CT molecular complexity index is 797. The third kappa shape index (κ3) is 6.24. The van der Waals surface area contributed by atoms with Gasteiger partial charge in [-0.2, -0.15) is 0 Å². The number of ether oxygens (including phenoxy) is 1. The van der Waals surface area contributed by atoms with Crippen molar-refractivity contribution in [3.63, 3.8) is 0 Å². The molecule has 0 radical (unpaired) electrons. The molecule has 2 N–H and O–H groups in total. The van der Waals surface area contributed by atoms with E-state index in [4.69, 9.17) is 4.74 Å². The summed E-state index contributed by atoms with van der Waals surface area (Å²) in [6.07, 6.45) is 4.28. The van der Waals surface area contributed by atoms with E-state index in [0.29, 0.717) is 12.2 Å². The monoisotopic (exact) mass is 395 g/mol. The van der Waals surface area contributed by atoms with Crippen molar-refractivity contribution in [2.24, 2.45) is 0 Å². The predicted molar refractivity (Wildman–Crippen MR) is 116 cm³/mol. The van der Waals surface area contributed by atoms with Crippen LogP contribution in [0.4, 0.5) is 11.4 Å². The fourth-order valence-corrected chi connectivity index (χ4v) is 3.19. The van der Waals surface area contributed by atoms with Gasteiger partial charge in [-0.3, -0.25) is 9.59 Å². The lowest BCUT2D eigenvalue weighted by atomic mass is 10.2. The second kappa shape index (κ2) is 10.5. The summed E-state index contributed by atoms with van der Waals surface area (Å²) < 4.78 is 5.62. The van der Waals surface area contributed by atoms with Crippen molar-refractivity contribution in [1.82, 2.24) is 4.90 Å². The van der Waals surface area contributed by atoms with Crippen molar-refractivity contribution in [3.8, 4) is 5.75 Å². The molecule has 0 aliphatic carbocycles. The van der Waals surface area contributed by atoms with Gasteiger partial charge in [0.1, 0.15) is 5.75 Å². The number of unbranched alkanes of at least 4 members (excludes halogenated alkanes) is 1. The minimum atomic E-state index is -0.137. The Morgan fingerprint density at radius 1 is 0.966 bits per heavy atom. The molecule has 1 heterocycles. The Morgan fingerprint density at radius 2 is 1.62 bits per heavy atom. The zero-order valence-corrected chi connectivity index (χ0v) is 16.9. The number of benzene rings is 2. The lowest BCUT2D eigenvalue weighted by Crippen LogP contribution is -2.27. The third-order valence-corrected chi connectivity index (χ3v) is 4.88. The van der Waals surface area contributed by atoms with E-state index in [1.165, 1.54) is 0 Å². The summed E-state index contributed by atoms with van der Waals surface area (Å²) in [6.45, 7) is 4.65. The first-order chi connectivity index (χ1) is 14.2. The fraction of sp³-hybridized carbons (Fsp3) is 0.391. The number of hydrogen-bond acceptors (Lipinski definition) is 4. The van der Waals surface area contributed by atoms with Crippen molar-refractivity contribution < 1.29 is 14.3 Å². The summed E-state index contributed by atoms with van der Waals surface area (Å²) in [4.78, 5) is 26.4. The standard InChI is InChI=1S/C23H29N3O3/c1-2-3-16-29-21-12-10-20(11-13-21)25-22(27)17-24-19-8-6-18(7-9-19)23(28)26-14-4-5-15-26/h6-13,24H,2-5,14-17H2,1H3,(H,25,27). The number of amides is 2. The summed E-state index contributed by atoms with van der Waals surface area (Å²) >= 11 is 0. The van der Waals surface area contributed by atoms with Gasteiger partial charge >= 0.3 is 0 Å². The highest BCUT2D eigenvalue weighted by Gasteiger charge is 2.19. The molecular formula is C23H29N3O3.